The van der Waals surface area contributed by atoms with E-state index < -0.39 is 0 Å². The summed E-state index contributed by atoms with van der Waals surface area (Å²) < 4.78 is 0.978. The second-order valence-corrected chi connectivity index (χ2v) is 6.72. The third-order valence-corrected chi connectivity index (χ3v) is 5.17. The summed E-state index contributed by atoms with van der Waals surface area (Å²) in [5, 5.41) is 7.79. The van der Waals surface area contributed by atoms with Crippen LogP contribution in [-0.4, -0.2) is 6.21 Å². The summed E-state index contributed by atoms with van der Waals surface area (Å²) in [4.78, 5) is 1.34. The summed E-state index contributed by atoms with van der Waals surface area (Å²) in [5.41, 5.74) is 10.2. The highest BCUT2D eigenvalue weighted by atomic mass is 79.9. The molecule has 1 atom stereocenters. The molecule has 19 heavy (non-hydrogen) atoms. The van der Waals surface area contributed by atoms with Gasteiger partial charge >= 0.3 is 0 Å². The normalized spacial score (nSPS) is 17.2. The van der Waals surface area contributed by atoms with Crippen molar-refractivity contribution in [1.29, 1.82) is 5.41 Å². The topological polar surface area (TPSA) is 49.9 Å². The van der Waals surface area contributed by atoms with E-state index in [-0.39, 0.29) is 0 Å². The molecule has 1 aliphatic heterocycles. The van der Waals surface area contributed by atoms with Crippen molar-refractivity contribution in [1.82, 2.24) is 0 Å². The fourth-order valence-corrected chi connectivity index (χ4v) is 4.25. The number of nitrogens with two attached hydrogens (primary N) is 1. The number of fused-ring (bicyclic) bond motifs is 1. The highest BCUT2D eigenvalue weighted by Crippen LogP contribution is 2.48. The van der Waals surface area contributed by atoms with Gasteiger partial charge in [-0.05, 0) is 35.7 Å². The highest BCUT2D eigenvalue weighted by Gasteiger charge is 2.25. The van der Waals surface area contributed by atoms with Gasteiger partial charge < -0.3 is 11.1 Å². The fourth-order valence-electron chi connectivity index (χ4n) is 2.40. The minimum absolute atomic E-state index is 0.341. The third kappa shape index (κ3) is 2.30. The van der Waals surface area contributed by atoms with Crippen molar-refractivity contribution in [3.8, 4) is 0 Å². The average molecular weight is 333 g/mol. The van der Waals surface area contributed by atoms with Crippen LogP contribution < -0.4 is 5.73 Å². The summed E-state index contributed by atoms with van der Waals surface area (Å²) in [6.45, 7) is 0. The number of nitrogens with one attached hydrogen (secondary N) is 1. The van der Waals surface area contributed by atoms with Gasteiger partial charge in [0.25, 0.3) is 0 Å². The van der Waals surface area contributed by atoms with E-state index in [0.717, 1.165) is 27.7 Å². The van der Waals surface area contributed by atoms with Gasteiger partial charge in [-0.2, -0.15) is 0 Å². The Hall–Kier alpha value is -1.26. The predicted molar refractivity (Wildman–Crippen MR) is 85.2 cm³/mol. The molecule has 0 spiro atoms. The number of benzene rings is 2. The molecule has 0 aromatic heterocycles. The Balaban J connectivity index is 2.02. The molecule has 0 amide bonds. The smallest absolute Gasteiger partial charge is 0.0447 e. The monoisotopic (exact) mass is 332 g/mol. The summed E-state index contributed by atoms with van der Waals surface area (Å²) in [5.74, 6) is 0. The van der Waals surface area contributed by atoms with E-state index in [1.165, 1.54) is 16.7 Å². The van der Waals surface area contributed by atoms with Crippen molar-refractivity contribution >= 4 is 39.6 Å². The van der Waals surface area contributed by atoms with E-state index in [1.807, 2.05) is 17.8 Å². The van der Waals surface area contributed by atoms with Crippen molar-refractivity contribution in [3.05, 3.63) is 57.6 Å². The Morgan fingerprint density at radius 2 is 2.11 bits per heavy atom. The van der Waals surface area contributed by atoms with Crippen molar-refractivity contribution in [2.75, 3.05) is 5.73 Å². The van der Waals surface area contributed by atoms with Crippen LogP contribution in [0.1, 0.15) is 21.9 Å². The largest absolute Gasteiger partial charge is 0.398 e. The van der Waals surface area contributed by atoms with E-state index >= 15 is 0 Å². The van der Waals surface area contributed by atoms with Crippen molar-refractivity contribution in [2.24, 2.45) is 0 Å². The molecule has 96 valence electrons. The van der Waals surface area contributed by atoms with Crippen LogP contribution >= 0.6 is 27.7 Å². The van der Waals surface area contributed by atoms with Crippen molar-refractivity contribution < 1.29 is 0 Å². The fraction of sp³-hybridized carbons (Fsp3) is 0.133. The molecule has 0 fully saturated rings. The molecule has 0 saturated carbocycles. The van der Waals surface area contributed by atoms with Crippen LogP contribution in [-0.2, 0) is 6.42 Å². The molecule has 3 rings (SSSR count). The standard InChI is InChI=1S/C15H13BrN2S/c16-11-5-10(8-17)15(18)12(7-11)14-6-9-3-1-2-4-13(9)19-14/h1-5,7-8,14,17H,6,18H2. The first kappa shape index (κ1) is 12.8. The predicted octanol–water partition coefficient (Wildman–Crippen LogP) is 4.42. The molecule has 2 aromatic carbocycles. The van der Waals surface area contributed by atoms with E-state index in [9.17, 15) is 0 Å². The van der Waals surface area contributed by atoms with E-state index in [2.05, 4.69) is 46.3 Å². The van der Waals surface area contributed by atoms with Crippen molar-refractivity contribution in [2.45, 2.75) is 16.6 Å². The van der Waals surface area contributed by atoms with Gasteiger partial charge in [-0.1, -0.05) is 34.1 Å². The lowest BCUT2D eigenvalue weighted by molar-refractivity contribution is 0.951. The van der Waals surface area contributed by atoms with Gasteiger partial charge in [0.05, 0.1) is 0 Å². The number of hydrogen-bond donors (Lipinski definition) is 2. The van der Waals surface area contributed by atoms with E-state index in [1.54, 1.807) is 0 Å². The highest BCUT2D eigenvalue weighted by molar-refractivity contribution is 9.10. The molecule has 4 heteroatoms. The van der Waals surface area contributed by atoms with Gasteiger partial charge in [-0.15, -0.1) is 11.8 Å². The van der Waals surface area contributed by atoms with Crippen LogP contribution in [0.25, 0.3) is 0 Å². The number of anilines is 1. The Morgan fingerprint density at radius 3 is 2.84 bits per heavy atom. The molecular weight excluding hydrogens is 320 g/mol. The van der Waals surface area contributed by atoms with Crippen LogP contribution in [0, 0.1) is 5.41 Å². The average Bonchev–Trinajstić information content (AvgIpc) is 2.84. The van der Waals surface area contributed by atoms with Crippen LogP contribution in [0.15, 0.2) is 45.8 Å². The number of nitrogen functional groups attached to an aromatic ring is 1. The summed E-state index contributed by atoms with van der Waals surface area (Å²) in [6.07, 6.45) is 2.31. The molecule has 2 nitrogen and oxygen atoms in total. The molecule has 0 radical (unpaired) electrons. The van der Waals surface area contributed by atoms with Gasteiger partial charge in [-0.3, -0.25) is 0 Å². The van der Waals surface area contributed by atoms with E-state index in [0.29, 0.717) is 5.25 Å². The maximum Gasteiger partial charge on any atom is 0.0447 e. The van der Waals surface area contributed by atoms with Gasteiger partial charge in [-0.25, -0.2) is 0 Å². The summed E-state index contributed by atoms with van der Waals surface area (Å²) >= 11 is 5.36. The molecule has 1 aliphatic rings. The minimum atomic E-state index is 0.341. The lowest BCUT2D eigenvalue weighted by Crippen LogP contribution is -2.03. The summed E-state index contributed by atoms with van der Waals surface area (Å²) in [7, 11) is 0. The molecule has 0 bridgehead atoms. The molecule has 1 unspecified atom stereocenters. The maximum atomic E-state index is 7.44. The Labute approximate surface area is 125 Å². The lowest BCUT2D eigenvalue weighted by atomic mass is 10.0. The van der Waals surface area contributed by atoms with Crippen molar-refractivity contribution in [3.63, 3.8) is 0 Å². The Kier molecular flexibility index (Phi) is 3.37. The molecule has 0 saturated heterocycles. The first-order valence-corrected chi connectivity index (χ1v) is 7.70. The molecule has 1 heterocycles. The second-order valence-electron chi connectivity index (χ2n) is 4.56. The van der Waals surface area contributed by atoms with Crippen LogP contribution in [0.5, 0.6) is 0 Å². The molecule has 3 N–H and O–H groups in total. The Morgan fingerprint density at radius 1 is 1.32 bits per heavy atom. The van der Waals surface area contributed by atoms with E-state index in [4.69, 9.17) is 11.1 Å². The molecular formula is C15H13BrN2S. The number of hydrogen-bond acceptors (Lipinski definition) is 3. The Bertz CT molecular complexity index is 630. The van der Waals surface area contributed by atoms with Crippen LogP contribution in [0.4, 0.5) is 5.69 Å². The minimum Gasteiger partial charge on any atom is -0.398 e. The first-order chi connectivity index (χ1) is 9.19. The zero-order valence-electron chi connectivity index (χ0n) is 10.2. The number of halogens is 1. The third-order valence-electron chi connectivity index (χ3n) is 3.36. The van der Waals surface area contributed by atoms with Crippen LogP contribution in [0.3, 0.4) is 0 Å². The number of rotatable bonds is 2. The molecule has 2 aromatic rings. The lowest BCUT2D eigenvalue weighted by Gasteiger charge is -2.14. The summed E-state index contributed by atoms with van der Waals surface area (Å²) in [6, 6.07) is 12.4. The first-order valence-electron chi connectivity index (χ1n) is 6.03. The van der Waals surface area contributed by atoms with Gasteiger partial charge in [0.15, 0.2) is 0 Å². The maximum absolute atomic E-state index is 7.44. The quantitative estimate of drug-likeness (QED) is 0.631. The van der Waals surface area contributed by atoms with Gasteiger partial charge in [0.2, 0.25) is 0 Å². The van der Waals surface area contributed by atoms with Crippen LogP contribution in [0.2, 0.25) is 0 Å². The zero-order valence-corrected chi connectivity index (χ0v) is 12.6. The zero-order chi connectivity index (χ0) is 13.4. The number of thioether (sulfide) groups is 1. The molecule has 0 aliphatic carbocycles. The van der Waals surface area contributed by atoms with Gasteiger partial charge in [0, 0.05) is 32.1 Å². The second kappa shape index (κ2) is 5.02. The van der Waals surface area contributed by atoms with Gasteiger partial charge in [0.1, 0.15) is 0 Å². The SMILES string of the molecule is N=Cc1cc(Br)cc(C2Cc3ccccc3S2)c1N.